The highest BCUT2D eigenvalue weighted by Gasteiger charge is 2.16. The molecule has 2 aromatic carbocycles. The minimum Gasteiger partial charge on any atom is -0.444 e. The van der Waals surface area contributed by atoms with Crippen LogP contribution in [0.15, 0.2) is 42.5 Å². The van der Waals surface area contributed by atoms with Gasteiger partial charge < -0.3 is 20.7 Å². The highest BCUT2D eigenvalue weighted by molar-refractivity contribution is 6.42. The summed E-state index contributed by atoms with van der Waals surface area (Å²) in [6.45, 7) is 5.43. The zero-order chi connectivity index (χ0) is 22.3. The number of benzene rings is 2. The molecule has 0 saturated heterocycles. The van der Waals surface area contributed by atoms with Gasteiger partial charge in [0, 0.05) is 29.9 Å². The first kappa shape index (κ1) is 23.5. The maximum absolute atomic E-state index is 12.3. The maximum Gasteiger partial charge on any atom is 0.407 e. The van der Waals surface area contributed by atoms with Crippen LogP contribution in [-0.2, 0) is 9.53 Å². The summed E-state index contributed by atoms with van der Waals surface area (Å²) in [4.78, 5) is 35.8. The first-order valence-corrected chi connectivity index (χ1v) is 9.92. The van der Waals surface area contributed by atoms with E-state index in [9.17, 15) is 14.4 Å². The standard InChI is InChI=1S/C21H23Cl2N3O4/c1-21(2,3)30-20(29)24-11-10-18(27)25-14-5-7-15(8-6-14)26-19(28)13-4-9-16(22)17(23)12-13/h4-9,12H,10-11H2,1-3H3,(H,24,29)(H,25,27)(H,26,28). The van der Waals surface area contributed by atoms with Gasteiger partial charge in [-0.2, -0.15) is 0 Å². The fourth-order valence-corrected chi connectivity index (χ4v) is 2.59. The number of carbonyl (C=O) groups is 3. The van der Waals surface area contributed by atoms with E-state index in [1.54, 1.807) is 57.2 Å². The zero-order valence-corrected chi connectivity index (χ0v) is 18.4. The summed E-state index contributed by atoms with van der Waals surface area (Å²) in [7, 11) is 0. The molecule has 7 nitrogen and oxygen atoms in total. The van der Waals surface area contributed by atoms with Gasteiger partial charge in [0.05, 0.1) is 10.0 Å². The molecule has 0 radical (unpaired) electrons. The van der Waals surface area contributed by atoms with Crippen LogP contribution in [0.4, 0.5) is 16.2 Å². The summed E-state index contributed by atoms with van der Waals surface area (Å²) in [5, 5.41) is 8.64. The van der Waals surface area contributed by atoms with E-state index in [1.807, 2.05) is 0 Å². The van der Waals surface area contributed by atoms with Crippen molar-refractivity contribution in [3.63, 3.8) is 0 Å². The molecular formula is C21H23Cl2N3O4. The molecule has 0 heterocycles. The molecule has 3 amide bonds. The Morgan fingerprint density at radius 2 is 1.50 bits per heavy atom. The molecule has 0 saturated carbocycles. The predicted octanol–water partition coefficient (Wildman–Crippen LogP) is 5.10. The second-order valence-electron chi connectivity index (χ2n) is 7.39. The lowest BCUT2D eigenvalue weighted by molar-refractivity contribution is -0.116. The number of carbonyl (C=O) groups excluding carboxylic acids is 3. The van der Waals surface area contributed by atoms with Gasteiger partial charge in [-0.3, -0.25) is 9.59 Å². The number of anilines is 2. The molecule has 3 N–H and O–H groups in total. The Morgan fingerprint density at radius 1 is 0.900 bits per heavy atom. The molecule has 0 aromatic heterocycles. The van der Waals surface area contributed by atoms with Crippen LogP contribution in [0.25, 0.3) is 0 Å². The van der Waals surface area contributed by atoms with E-state index in [-0.39, 0.29) is 24.8 Å². The molecule has 160 valence electrons. The normalized spacial score (nSPS) is 10.8. The average molecular weight is 452 g/mol. The third-order valence-electron chi connectivity index (χ3n) is 3.63. The maximum atomic E-state index is 12.3. The van der Waals surface area contributed by atoms with Crippen molar-refractivity contribution < 1.29 is 19.1 Å². The second-order valence-corrected chi connectivity index (χ2v) is 8.20. The van der Waals surface area contributed by atoms with Gasteiger partial charge in [-0.15, -0.1) is 0 Å². The minimum absolute atomic E-state index is 0.0923. The fourth-order valence-electron chi connectivity index (χ4n) is 2.29. The van der Waals surface area contributed by atoms with Crippen molar-refractivity contribution in [3.8, 4) is 0 Å². The molecule has 0 aliphatic heterocycles. The lowest BCUT2D eigenvalue weighted by atomic mass is 10.2. The van der Waals surface area contributed by atoms with Gasteiger partial charge >= 0.3 is 6.09 Å². The molecule has 2 aromatic rings. The van der Waals surface area contributed by atoms with Gasteiger partial charge in [0.25, 0.3) is 5.91 Å². The van der Waals surface area contributed by atoms with Crippen molar-refractivity contribution in [2.24, 2.45) is 0 Å². The Bertz CT molecular complexity index is 925. The van der Waals surface area contributed by atoms with E-state index in [0.29, 0.717) is 27.0 Å². The van der Waals surface area contributed by atoms with Gasteiger partial charge in [-0.1, -0.05) is 23.2 Å². The van der Waals surface area contributed by atoms with Crippen LogP contribution in [-0.4, -0.2) is 30.1 Å². The van der Waals surface area contributed by atoms with Crippen LogP contribution < -0.4 is 16.0 Å². The molecule has 0 bridgehead atoms. The number of ether oxygens (including phenoxy) is 1. The van der Waals surface area contributed by atoms with Crippen molar-refractivity contribution in [1.29, 1.82) is 0 Å². The largest absolute Gasteiger partial charge is 0.444 e. The molecule has 0 unspecified atom stereocenters. The van der Waals surface area contributed by atoms with E-state index in [4.69, 9.17) is 27.9 Å². The van der Waals surface area contributed by atoms with E-state index in [2.05, 4.69) is 16.0 Å². The number of hydrogen-bond donors (Lipinski definition) is 3. The molecule has 9 heteroatoms. The Morgan fingerprint density at radius 3 is 2.07 bits per heavy atom. The van der Waals surface area contributed by atoms with Crippen LogP contribution in [0.2, 0.25) is 10.0 Å². The molecule has 0 fully saturated rings. The lowest BCUT2D eigenvalue weighted by Crippen LogP contribution is -2.34. The van der Waals surface area contributed by atoms with Gasteiger partial charge in [-0.25, -0.2) is 4.79 Å². The van der Waals surface area contributed by atoms with Crippen molar-refractivity contribution in [2.75, 3.05) is 17.2 Å². The predicted molar refractivity (Wildman–Crippen MR) is 118 cm³/mol. The monoisotopic (exact) mass is 451 g/mol. The third kappa shape index (κ3) is 7.93. The fraction of sp³-hybridized carbons (Fsp3) is 0.286. The van der Waals surface area contributed by atoms with Crippen molar-refractivity contribution in [3.05, 3.63) is 58.1 Å². The topological polar surface area (TPSA) is 96.5 Å². The highest BCUT2D eigenvalue weighted by Crippen LogP contribution is 2.23. The number of halogens is 2. The van der Waals surface area contributed by atoms with Crippen LogP contribution in [0.3, 0.4) is 0 Å². The Kier molecular flexibility index (Phi) is 8.08. The number of amides is 3. The molecule has 0 aliphatic rings. The smallest absolute Gasteiger partial charge is 0.407 e. The summed E-state index contributed by atoms with van der Waals surface area (Å²) in [6, 6.07) is 11.2. The van der Waals surface area contributed by atoms with Crippen LogP contribution in [0.5, 0.6) is 0 Å². The summed E-state index contributed by atoms with van der Waals surface area (Å²) < 4.78 is 5.10. The van der Waals surface area contributed by atoms with E-state index in [1.165, 1.54) is 6.07 Å². The summed E-state index contributed by atoms with van der Waals surface area (Å²) in [5.74, 6) is -0.600. The number of alkyl carbamates (subject to hydrolysis) is 1. The van der Waals surface area contributed by atoms with Crippen LogP contribution >= 0.6 is 23.2 Å². The molecule has 2 rings (SSSR count). The molecule has 30 heavy (non-hydrogen) atoms. The van der Waals surface area contributed by atoms with Crippen LogP contribution in [0, 0.1) is 0 Å². The summed E-state index contributed by atoms with van der Waals surface area (Å²) >= 11 is 11.8. The number of rotatable bonds is 6. The third-order valence-corrected chi connectivity index (χ3v) is 4.37. The van der Waals surface area contributed by atoms with Gasteiger partial charge in [0.1, 0.15) is 5.60 Å². The molecular weight excluding hydrogens is 429 g/mol. The van der Waals surface area contributed by atoms with Gasteiger partial charge in [0.2, 0.25) is 5.91 Å². The van der Waals surface area contributed by atoms with Crippen molar-refractivity contribution in [1.82, 2.24) is 5.32 Å². The summed E-state index contributed by atoms with van der Waals surface area (Å²) in [5.41, 5.74) is 0.892. The molecule has 0 atom stereocenters. The van der Waals surface area contributed by atoms with Gasteiger partial charge in [0.15, 0.2) is 0 Å². The van der Waals surface area contributed by atoms with E-state index >= 15 is 0 Å². The Hall–Kier alpha value is -2.77. The highest BCUT2D eigenvalue weighted by atomic mass is 35.5. The number of hydrogen-bond acceptors (Lipinski definition) is 4. The van der Waals surface area contributed by atoms with Crippen molar-refractivity contribution >= 4 is 52.5 Å². The van der Waals surface area contributed by atoms with E-state index in [0.717, 1.165) is 0 Å². The molecule has 0 spiro atoms. The van der Waals surface area contributed by atoms with Crippen molar-refractivity contribution in [2.45, 2.75) is 32.8 Å². The van der Waals surface area contributed by atoms with Crippen LogP contribution in [0.1, 0.15) is 37.6 Å². The average Bonchev–Trinajstić information content (AvgIpc) is 2.64. The quantitative estimate of drug-likeness (QED) is 0.568. The minimum atomic E-state index is -0.594. The first-order chi connectivity index (χ1) is 14.0. The summed E-state index contributed by atoms with van der Waals surface area (Å²) in [6.07, 6.45) is -0.480. The van der Waals surface area contributed by atoms with E-state index < -0.39 is 11.7 Å². The SMILES string of the molecule is CC(C)(C)OC(=O)NCCC(=O)Nc1ccc(NC(=O)c2ccc(Cl)c(Cl)c2)cc1. The molecule has 0 aliphatic carbocycles. The Balaban J connectivity index is 1.81. The lowest BCUT2D eigenvalue weighted by Gasteiger charge is -2.19. The number of nitrogens with one attached hydrogen (secondary N) is 3. The first-order valence-electron chi connectivity index (χ1n) is 9.17. The van der Waals surface area contributed by atoms with Gasteiger partial charge in [-0.05, 0) is 63.2 Å². The second kappa shape index (κ2) is 10.3. The Labute approximate surface area is 185 Å². The zero-order valence-electron chi connectivity index (χ0n) is 16.8.